The van der Waals surface area contributed by atoms with E-state index < -0.39 is 29.2 Å². The van der Waals surface area contributed by atoms with Gasteiger partial charge in [-0.3, -0.25) is 14.5 Å². The third-order valence-electron chi connectivity index (χ3n) is 3.88. The second-order valence-electron chi connectivity index (χ2n) is 5.17. The molecule has 22 heavy (non-hydrogen) atoms. The lowest BCUT2D eigenvalue weighted by molar-refractivity contribution is -0.134. The number of imide groups is 1. The summed E-state index contributed by atoms with van der Waals surface area (Å²) in [4.78, 5) is 37.1. The van der Waals surface area contributed by atoms with E-state index in [1.807, 2.05) is 13.8 Å². The first kappa shape index (κ1) is 15.9. The highest BCUT2D eigenvalue weighted by Gasteiger charge is 2.49. The molecule has 0 atom stereocenters. The van der Waals surface area contributed by atoms with E-state index >= 15 is 0 Å². The molecule has 6 nitrogen and oxygen atoms in total. The molecular weight excluding hydrogens is 289 g/mol. The number of nitrogens with zero attached hydrogens (tertiary/aromatic N) is 1. The summed E-state index contributed by atoms with van der Waals surface area (Å²) in [6.07, 6.45) is 0.925. The number of nitrogens with one attached hydrogen (secondary N) is 2. The summed E-state index contributed by atoms with van der Waals surface area (Å²) >= 11 is 0. The highest BCUT2D eigenvalue weighted by molar-refractivity contribution is 6.10. The lowest BCUT2D eigenvalue weighted by Crippen LogP contribution is -2.46. The van der Waals surface area contributed by atoms with Crippen LogP contribution in [0.1, 0.15) is 26.7 Å². The molecule has 0 aliphatic carbocycles. The zero-order chi connectivity index (χ0) is 16.3. The van der Waals surface area contributed by atoms with Gasteiger partial charge in [-0.1, -0.05) is 13.8 Å². The molecule has 2 N–H and O–H groups in total. The Bertz CT molecular complexity index is 597. The minimum Gasteiger partial charge on any atom is -0.325 e. The number of anilines is 1. The monoisotopic (exact) mass is 307 g/mol. The van der Waals surface area contributed by atoms with Crippen molar-refractivity contribution in [1.29, 1.82) is 0 Å². The number of urea groups is 1. The highest BCUT2D eigenvalue weighted by Crippen LogP contribution is 2.24. The van der Waals surface area contributed by atoms with E-state index in [0.717, 1.165) is 4.90 Å². The SMILES string of the molecule is CCC1(CC)NC(=O)N(CC(=O)Nc2ccc(F)cc2)C1=O. The fourth-order valence-corrected chi connectivity index (χ4v) is 2.43. The van der Waals surface area contributed by atoms with Gasteiger partial charge in [-0.25, -0.2) is 9.18 Å². The molecule has 0 saturated carbocycles. The van der Waals surface area contributed by atoms with Gasteiger partial charge in [-0.2, -0.15) is 0 Å². The maximum Gasteiger partial charge on any atom is 0.325 e. The number of benzene rings is 1. The summed E-state index contributed by atoms with van der Waals surface area (Å²) < 4.78 is 12.8. The van der Waals surface area contributed by atoms with Crippen LogP contribution in [0.2, 0.25) is 0 Å². The van der Waals surface area contributed by atoms with Crippen LogP contribution >= 0.6 is 0 Å². The Kier molecular flexibility index (Phi) is 4.44. The molecule has 0 radical (unpaired) electrons. The van der Waals surface area contributed by atoms with Gasteiger partial charge in [0.2, 0.25) is 5.91 Å². The number of carbonyl (C=O) groups is 3. The Balaban J connectivity index is 2.04. The molecule has 1 fully saturated rings. The summed E-state index contributed by atoms with van der Waals surface area (Å²) in [7, 11) is 0. The summed E-state index contributed by atoms with van der Waals surface area (Å²) in [6.45, 7) is 3.25. The molecule has 4 amide bonds. The minimum atomic E-state index is -0.923. The van der Waals surface area contributed by atoms with Crippen LogP contribution in [0.15, 0.2) is 24.3 Å². The second-order valence-corrected chi connectivity index (χ2v) is 5.17. The van der Waals surface area contributed by atoms with Crippen molar-refractivity contribution >= 4 is 23.5 Å². The molecular formula is C15H18FN3O3. The normalized spacial score (nSPS) is 16.6. The third kappa shape index (κ3) is 2.93. The molecule has 1 saturated heterocycles. The standard InChI is InChI=1S/C15H18FN3O3/c1-3-15(4-2)13(21)19(14(22)18-15)9-12(20)17-11-7-5-10(16)6-8-11/h5-8H,3-4,9H2,1-2H3,(H,17,20)(H,18,22). The highest BCUT2D eigenvalue weighted by atomic mass is 19.1. The zero-order valence-corrected chi connectivity index (χ0v) is 12.5. The molecule has 7 heteroatoms. The van der Waals surface area contributed by atoms with Gasteiger partial charge in [0.05, 0.1) is 0 Å². The van der Waals surface area contributed by atoms with Gasteiger partial charge in [-0.15, -0.1) is 0 Å². The Labute approximate surface area is 127 Å². The lowest BCUT2D eigenvalue weighted by Gasteiger charge is -2.22. The zero-order valence-electron chi connectivity index (χ0n) is 12.5. The van der Waals surface area contributed by atoms with Crippen molar-refractivity contribution in [2.75, 3.05) is 11.9 Å². The van der Waals surface area contributed by atoms with E-state index in [0.29, 0.717) is 18.5 Å². The molecule has 0 bridgehead atoms. The third-order valence-corrected chi connectivity index (χ3v) is 3.88. The quantitative estimate of drug-likeness (QED) is 0.815. The minimum absolute atomic E-state index is 0.371. The largest absolute Gasteiger partial charge is 0.325 e. The van der Waals surface area contributed by atoms with Crippen molar-refractivity contribution < 1.29 is 18.8 Å². The van der Waals surface area contributed by atoms with E-state index in [2.05, 4.69) is 10.6 Å². The molecule has 0 unspecified atom stereocenters. The summed E-state index contributed by atoms with van der Waals surface area (Å²) in [5.74, 6) is -1.32. The molecule has 1 aliphatic heterocycles. The van der Waals surface area contributed by atoms with Crippen LogP contribution in [0.3, 0.4) is 0 Å². The van der Waals surface area contributed by atoms with Gasteiger partial charge in [0.25, 0.3) is 5.91 Å². The first-order chi connectivity index (χ1) is 10.4. The fourth-order valence-electron chi connectivity index (χ4n) is 2.43. The van der Waals surface area contributed by atoms with Crippen LogP contribution in [-0.2, 0) is 9.59 Å². The van der Waals surface area contributed by atoms with Gasteiger partial charge in [0.15, 0.2) is 0 Å². The van der Waals surface area contributed by atoms with Crippen molar-refractivity contribution in [2.45, 2.75) is 32.2 Å². The Morgan fingerprint density at radius 3 is 2.32 bits per heavy atom. The van der Waals surface area contributed by atoms with Crippen molar-refractivity contribution in [1.82, 2.24) is 10.2 Å². The number of halogens is 1. The smallest absolute Gasteiger partial charge is 0.325 e. The van der Waals surface area contributed by atoms with Crippen LogP contribution in [0, 0.1) is 5.82 Å². The van der Waals surface area contributed by atoms with E-state index in [-0.39, 0.29) is 6.54 Å². The Hall–Kier alpha value is -2.44. The van der Waals surface area contributed by atoms with Crippen molar-refractivity contribution in [2.24, 2.45) is 0 Å². The number of rotatable bonds is 5. The molecule has 1 heterocycles. The molecule has 1 aliphatic rings. The number of carbonyl (C=O) groups excluding carboxylic acids is 3. The molecule has 0 aromatic heterocycles. The van der Waals surface area contributed by atoms with Crippen LogP contribution in [-0.4, -0.2) is 34.8 Å². The van der Waals surface area contributed by atoms with E-state index in [1.165, 1.54) is 24.3 Å². The van der Waals surface area contributed by atoms with Crippen molar-refractivity contribution in [3.63, 3.8) is 0 Å². The molecule has 1 aromatic carbocycles. The van der Waals surface area contributed by atoms with Gasteiger partial charge in [0.1, 0.15) is 17.9 Å². The van der Waals surface area contributed by atoms with Crippen LogP contribution in [0.4, 0.5) is 14.9 Å². The number of amides is 4. The van der Waals surface area contributed by atoms with Crippen molar-refractivity contribution in [3.8, 4) is 0 Å². The first-order valence-electron chi connectivity index (χ1n) is 7.11. The van der Waals surface area contributed by atoms with E-state index in [4.69, 9.17) is 0 Å². The average Bonchev–Trinajstić information content (AvgIpc) is 2.74. The van der Waals surface area contributed by atoms with Gasteiger partial charge in [-0.05, 0) is 37.1 Å². The average molecular weight is 307 g/mol. The molecule has 1 aromatic rings. The summed E-state index contributed by atoms with van der Waals surface area (Å²) in [5.41, 5.74) is -0.525. The predicted molar refractivity (Wildman–Crippen MR) is 78.6 cm³/mol. The molecule has 118 valence electrons. The van der Waals surface area contributed by atoms with Gasteiger partial charge < -0.3 is 10.6 Å². The Morgan fingerprint density at radius 2 is 1.82 bits per heavy atom. The van der Waals surface area contributed by atoms with E-state index in [1.54, 1.807) is 0 Å². The summed E-state index contributed by atoms with van der Waals surface area (Å²) in [5, 5.41) is 5.17. The first-order valence-corrected chi connectivity index (χ1v) is 7.11. The number of hydrogen-bond donors (Lipinski definition) is 2. The fraction of sp³-hybridized carbons (Fsp3) is 0.400. The van der Waals surface area contributed by atoms with Crippen LogP contribution in [0.5, 0.6) is 0 Å². The second kappa shape index (κ2) is 6.13. The molecule has 2 rings (SSSR count). The Morgan fingerprint density at radius 1 is 1.23 bits per heavy atom. The van der Waals surface area contributed by atoms with Gasteiger partial charge in [0, 0.05) is 5.69 Å². The maximum absolute atomic E-state index is 12.8. The van der Waals surface area contributed by atoms with Gasteiger partial charge >= 0.3 is 6.03 Å². The van der Waals surface area contributed by atoms with Crippen LogP contribution in [0.25, 0.3) is 0 Å². The number of hydrogen-bond acceptors (Lipinski definition) is 3. The van der Waals surface area contributed by atoms with E-state index in [9.17, 15) is 18.8 Å². The predicted octanol–water partition coefficient (Wildman–Crippen LogP) is 1.87. The molecule has 0 spiro atoms. The lowest BCUT2D eigenvalue weighted by atomic mass is 9.93. The van der Waals surface area contributed by atoms with Crippen LogP contribution < -0.4 is 10.6 Å². The summed E-state index contributed by atoms with van der Waals surface area (Å²) in [6, 6.07) is 4.66. The maximum atomic E-state index is 12.8. The van der Waals surface area contributed by atoms with Crippen molar-refractivity contribution in [3.05, 3.63) is 30.1 Å². The topological polar surface area (TPSA) is 78.5 Å².